The third-order valence-electron chi connectivity index (χ3n) is 8.62. The minimum atomic E-state index is -5.21. The van der Waals surface area contributed by atoms with Gasteiger partial charge in [-0.15, -0.1) is 0 Å². The van der Waals surface area contributed by atoms with E-state index in [1.165, 1.54) is 30.6 Å². The highest BCUT2D eigenvalue weighted by molar-refractivity contribution is 6.00. The Balaban J connectivity index is 1.56. The number of nitrogens with two attached hydrogens (primary N) is 1. The lowest BCUT2D eigenvalue weighted by atomic mass is 9.85. The van der Waals surface area contributed by atoms with Crippen molar-refractivity contribution < 1.29 is 41.9 Å². The number of hydrogen-bond donors (Lipinski definition) is 3. The number of nitrogens with one attached hydrogen (secondary N) is 2. The summed E-state index contributed by atoms with van der Waals surface area (Å²) in [5.41, 5.74) is 4.65. The van der Waals surface area contributed by atoms with Crippen LogP contribution in [0.25, 0.3) is 0 Å². The normalized spacial score (nSPS) is 25.9. The molecule has 230 valence electrons. The third-order valence-corrected chi connectivity index (χ3v) is 8.62. The lowest BCUT2D eigenvalue weighted by molar-refractivity contribution is -0.176. The van der Waals surface area contributed by atoms with Crippen molar-refractivity contribution in [3.05, 3.63) is 24.3 Å². The first-order valence-corrected chi connectivity index (χ1v) is 13.6. The number of benzene rings is 1. The molecule has 3 aliphatic rings. The number of piperidine rings is 1. The minimum absolute atomic E-state index is 0.0795. The summed E-state index contributed by atoms with van der Waals surface area (Å²) in [4.78, 5) is 67.2. The number of likely N-dealkylation sites (tertiary alicyclic amines) is 1. The van der Waals surface area contributed by atoms with Crippen LogP contribution in [0.5, 0.6) is 5.75 Å². The molecule has 0 unspecified atom stereocenters. The van der Waals surface area contributed by atoms with Crippen LogP contribution < -0.4 is 26.0 Å². The average Bonchev–Trinajstić information content (AvgIpc) is 3.21. The first kappa shape index (κ1) is 31.1. The maximum absolute atomic E-state index is 13.7. The molecule has 2 heterocycles. The van der Waals surface area contributed by atoms with Crippen molar-refractivity contribution in [2.45, 2.75) is 71.4 Å². The number of para-hydroxylation sites is 2. The molecule has 0 bridgehead atoms. The Morgan fingerprint density at radius 2 is 1.74 bits per heavy atom. The topological polar surface area (TPSA) is 151 Å². The number of carbonyl (C=O) groups excluding carboxylic acids is 5. The van der Waals surface area contributed by atoms with Crippen LogP contribution in [0.2, 0.25) is 0 Å². The van der Waals surface area contributed by atoms with E-state index in [-0.39, 0.29) is 30.2 Å². The van der Waals surface area contributed by atoms with Crippen molar-refractivity contribution in [1.29, 1.82) is 0 Å². The van der Waals surface area contributed by atoms with Crippen LogP contribution in [0.1, 0.15) is 41.0 Å². The van der Waals surface area contributed by atoms with Crippen LogP contribution in [0.4, 0.5) is 18.9 Å². The Bertz CT molecular complexity index is 1310. The zero-order valence-electron chi connectivity index (χ0n) is 24.2. The first-order valence-electron chi connectivity index (χ1n) is 13.6. The molecule has 0 spiro atoms. The van der Waals surface area contributed by atoms with Gasteiger partial charge in [0.15, 0.2) is 6.10 Å². The van der Waals surface area contributed by atoms with Crippen molar-refractivity contribution in [2.75, 3.05) is 18.5 Å². The second-order valence-corrected chi connectivity index (χ2v) is 12.8. The van der Waals surface area contributed by atoms with Crippen LogP contribution in [-0.4, -0.2) is 78.4 Å². The van der Waals surface area contributed by atoms with Gasteiger partial charge in [-0.2, -0.15) is 13.2 Å². The number of primary amides is 1. The summed E-state index contributed by atoms with van der Waals surface area (Å²) in [5.74, 6) is -5.31. The highest BCUT2D eigenvalue weighted by atomic mass is 19.4. The molecule has 6 atom stereocenters. The number of alkyl halides is 3. The maximum Gasteiger partial charge on any atom is 0.471 e. The van der Waals surface area contributed by atoms with Crippen LogP contribution in [0, 0.1) is 22.7 Å². The van der Waals surface area contributed by atoms with Gasteiger partial charge in [0, 0.05) is 20.0 Å². The van der Waals surface area contributed by atoms with Crippen molar-refractivity contribution in [2.24, 2.45) is 28.4 Å². The van der Waals surface area contributed by atoms with Crippen molar-refractivity contribution in [1.82, 2.24) is 15.5 Å². The molecule has 4 N–H and O–H groups in total. The van der Waals surface area contributed by atoms with Crippen LogP contribution in [0.15, 0.2) is 24.3 Å². The third kappa shape index (κ3) is 5.62. The largest absolute Gasteiger partial charge is 0.478 e. The summed E-state index contributed by atoms with van der Waals surface area (Å²) in [7, 11) is 1.55. The summed E-state index contributed by atoms with van der Waals surface area (Å²) in [5, 5.41) is 4.36. The molecule has 0 radical (unpaired) electrons. The van der Waals surface area contributed by atoms with Gasteiger partial charge in [-0.1, -0.05) is 46.8 Å². The number of amides is 5. The number of likely N-dealkylation sites (N-methyl/N-ethyl adjacent to an activating group) is 1. The lowest BCUT2D eigenvalue weighted by Gasteiger charge is -2.38. The zero-order chi connectivity index (χ0) is 31.5. The van der Waals surface area contributed by atoms with Crippen LogP contribution in [-0.2, 0) is 24.0 Å². The van der Waals surface area contributed by atoms with Gasteiger partial charge >= 0.3 is 12.1 Å². The van der Waals surface area contributed by atoms with Gasteiger partial charge in [-0.25, -0.2) is 0 Å². The summed E-state index contributed by atoms with van der Waals surface area (Å²) >= 11 is 0. The monoisotopic (exact) mass is 595 g/mol. The number of anilines is 1. The summed E-state index contributed by atoms with van der Waals surface area (Å²) < 4.78 is 45.0. The molecular formula is C28H36F3N5O6. The SMILES string of the molecule is CN1C(=O)[C@H](C[C@H](NC(=O)[C@@H]2[C@@H]3[C@H](CN2C(=O)[C@@H](NC(=O)C(F)(F)F)C(C)(C)C)C3(C)C)C(N)=O)Oc2ccccc21. The Morgan fingerprint density at radius 1 is 1.12 bits per heavy atom. The van der Waals surface area contributed by atoms with E-state index < -0.39 is 65.4 Å². The number of fused-ring (bicyclic) bond motifs is 2. The quantitative estimate of drug-likeness (QED) is 0.433. The van der Waals surface area contributed by atoms with Gasteiger partial charge in [0.05, 0.1) is 5.69 Å². The fraction of sp³-hybridized carbons (Fsp3) is 0.607. The number of hydrogen-bond acceptors (Lipinski definition) is 6. The van der Waals surface area contributed by atoms with E-state index in [1.807, 2.05) is 13.8 Å². The van der Waals surface area contributed by atoms with E-state index in [2.05, 4.69) is 5.32 Å². The van der Waals surface area contributed by atoms with Crippen LogP contribution >= 0.6 is 0 Å². The molecule has 2 fully saturated rings. The number of carbonyl (C=O) groups is 5. The molecule has 42 heavy (non-hydrogen) atoms. The lowest BCUT2D eigenvalue weighted by Crippen LogP contribution is -2.61. The maximum atomic E-state index is 13.7. The van der Waals surface area contributed by atoms with Crippen LogP contribution in [0.3, 0.4) is 0 Å². The van der Waals surface area contributed by atoms with E-state index in [9.17, 15) is 37.1 Å². The highest BCUT2D eigenvalue weighted by Crippen LogP contribution is 2.65. The van der Waals surface area contributed by atoms with Gasteiger partial charge in [-0.3, -0.25) is 24.0 Å². The predicted octanol–water partition coefficient (Wildman–Crippen LogP) is 1.35. The van der Waals surface area contributed by atoms with E-state index in [4.69, 9.17) is 10.5 Å². The molecule has 1 aromatic rings. The number of rotatable bonds is 7. The Morgan fingerprint density at radius 3 is 2.31 bits per heavy atom. The molecule has 1 saturated carbocycles. The molecule has 5 amide bonds. The molecule has 0 aromatic heterocycles. The number of halogens is 3. The molecule has 1 aromatic carbocycles. The number of ether oxygens (including phenoxy) is 1. The van der Waals surface area contributed by atoms with E-state index >= 15 is 0 Å². The van der Waals surface area contributed by atoms with Gasteiger partial charge in [0.2, 0.25) is 17.7 Å². The zero-order valence-corrected chi connectivity index (χ0v) is 24.2. The Hall–Kier alpha value is -3.84. The predicted molar refractivity (Wildman–Crippen MR) is 144 cm³/mol. The fourth-order valence-electron chi connectivity index (χ4n) is 6.08. The Kier molecular flexibility index (Phi) is 7.75. The molecule has 14 heteroatoms. The van der Waals surface area contributed by atoms with Gasteiger partial charge in [0.1, 0.15) is 23.9 Å². The number of nitrogens with zero attached hydrogens (tertiary/aromatic N) is 2. The molecule has 2 aliphatic heterocycles. The smallest absolute Gasteiger partial charge is 0.471 e. The van der Waals surface area contributed by atoms with Gasteiger partial charge < -0.3 is 30.9 Å². The van der Waals surface area contributed by atoms with Crippen molar-refractivity contribution in [3.8, 4) is 5.75 Å². The Labute approximate surface area is 241 Å². The van der Waals surface area contributed by atoms with Crippen molar-refractivity contribution in [3.63, 3.8) is 0 Å². The molecule has 4 rings (SSSR count). The average molecular weight is 596 g/mol. The van der Waals surface area contributed by atoms with E-state index in [0.29, 0.717) is 11.4 Å². The fourth-order valence-corrected chi connectivity index (χ4v) is 6.08. The van der Waals surface area contributed by atoms with E-state index in [0.717, 1.165) is 0 Å². The van der Waals surface area contributed by atoms with Gasteiger partial charge in [0.25, 0.3) is 5.91 Å². The summed E-state index contributed by atoms with van der Waals surface area (Å²) in [6.07, 6.45) is -6.64. The second kappa shape index (κ2) is 10.5. The minimum Gasteiger partial charge on any atom is -0.478 e. The molecular weight excluding hydrogens is 559 g/mol. The molecule has 1 saturated heterocycles. The van der Waals surface area contributed by atoms with E-state index in [1.54, 1.807) is 36.6 Å². The van der Waals surface area contributed by atoms with Gasteiger partial charge in [-0.05, 0) is 34.8 Å². The first-order chi connectivity index (χ1) is 19.3. The standard InChI is InChI=1S/C28H36F3N5O6/c1-26(2,3)20(34-25(41)28(29,30)31)24(40)36-12-13-18(27(13,4)5)19(36)22(38)33-14(21(32)37)11-17-23(39)35(6)15-9-7-8-10-16(15)42-17/h7-10,13-14,17-20H,11-12H2,1-6H3,(H2,32,37)(H,33,38)(H,34,41)/t13-,14-,17-,18-,19-,20+/m0/s1. The second-order valence-electron chi connectivity index (χ2n) is 12.8. The van der Waals surface area contributed by atoms with Crippen molar-refractivity contribution >= 4 is 35.2 Å². The highest BCUT2D eigenvalue weighted by Gasteiger charge is 2.70. The summed E-state index contributed by atoms with van der Waals surface area (Å²) in [6, 6.07) is 2.72. The molecule has 1 aliphatic carbocycles. The molecule has 11 nitrogen and oxygen atoms in total. The summed E-state index contributed by atoms with van der Waals surface area (Å²) in [6.45, 7) is 8.40.